The number of anilines is 1. The van der Waals surface area contributed by atoms with Crippen molar-refractivity contribution >= 4 is 33.5 Å². The Bertz CT molecular complexity index is 1030. The number of H-pyrrole nitrogens is 1. The van der Waals surface area contributed by atoms with Gasteiger partial charge in [0.25, 0.3) is 10.0 Å². The largest absolute Gasteiger partial charge is 0.449 e. The molecule has 9 nitrogen and oxygen atoms in total. The van der Waals surface area contributed by atoms with Crippen molar-refractivity contribution in [2.45, 2.75) is 32.3 Å². The van der Waals surface area contributed by atoms with Crippen molar-refractivity contribution in [3.63, 3.8) is 0 Å². The van der Waals surface area contributed by atoms with Crippen LogP contribution in [-0.4, -0.2) is 43.8 Å². The number of nitrogens with zero attached hydrogens (tertiary/aromatic N) is 1. The van der Waals surface area contributed by atoms with Gasteiger partial charge >= 0.3 is 6.09 Å². The number of amides is 1. The van der Waals surface area contributed by atoms with Crippen molar-refractivity contribution in [2.75, 3.05) is 24.4 Å². The van der Waals surface area contributed by atoms with Gasteiger partial charge in [-0.15, -0.1) is 0 Å². The summed E-state index contributed by atoms with van der Waals surface area (Å²) >= 11 is 5.59. The Morgan fingerprint density at radius 1 is 1.35 bits per heavy atom. The monoisotopic (exact) mass is 478 g/mol. The molecule has 1 saturated heterocycles. The van der Waals surface area contributed by atoms with Crippen LogP contribution in [0.5, 0.6) is 0 Å². The number of carbonyl (C=O) groups is 1. The van der Waals surface area contributed by atoms with Crippen molar-refractivity contribution in [2.24, 2.45) is 0 Å². The van der Waals surface area contributed by atoms with Crippen molar-refractivity contribution < 1.29 is 31.5 Å². The van der Waals surface area contributed by atoms with Crippen molar-refractivity contribution in [3.05, 3.63) is 34.5 Å². The summed E-state index contributed by atoms with van der Waals surface area (Å²) in [5, 5.41) is 8.76. The molecule has 170 valence electrons. The van der Waals surface area contributed by atoms with Crippen LogP contribution in [0.25, 0.3) is 11.1 Å². The zero-order chi connectivity index (χ0) is 22.6. The van der Waals surface area contributed by atoms with E-state index in [1.165, 1.54) is 6.92 Å². The van der Waals surface area contributed by atoms with E-state index in [1.807, 2.05) is 0 Å². The van der Waals surface area contributed by atoms with Gasteiger partial charge in [0.2, 0.25) is 0 Å². The zero-order valence-corrected chi connectivity index (χ0v) is 18.1. The van der Waals surface area contributed by atoms with Crippen LogP contribution >= 0.6 is 11.6 Å². The molecule has 1 atom stereocenters. The number of aromatic amines is 1. The molecule has 3 rings (SSSR count). The summed E-state index contributed by atoms with van der Waals surface area (Å²) in [5.74, 6) is -2.68. The molecular weight excluding hydrogens is 458 g/mol. The average molecular weight is 479 g/mol. The maximum atomic E-state index is 14.1. The lowest BCUT2D eigenvalue weighted by Gasteiger charge is -2.22. The van der Waals surface area contributed by atoms with Crippen LogP contribution < -0.4 is 10.0 Å². The number of nitrogens with one attached hydrogen (secondary N) is 3. The van der Waals surface area contributed by atoms with E-state index < -0.39 is 44.8 Å². The molecule has 1 fully saturated rings. The van der Waals surface area contributed by atoms with Crippen molar-refractivity contribution in [1.82, 2.24) is 14.9 Å². The first-order chi connectivity index (χ1) is 14.7. The molecule has 0 saturated carbocycles. The molecule has 3 N–H and O–H groups in total. The van der Waals surface area contributed by atoms with Crippen LogP contribution in [0.4, 0.5) is 19.4 Å². The third kappa shape index (κ3) is 5.63. The van der Waals surface area contributed by atoms with Crippen LogP contribution in [-0.2, 0) is 19.5 Å². The first-order valence-electron chi connectivity index (χ1n) is 9.47. The molecule has 1 aliphatic heterocycles. The van der Waals surface area contributed by atoms with Gasteiger partial charge in [-0.1, -0.05) is 11.6 Å². The van der Waals surface area contributed by atoms with E-state index in [2.05, 4.69) is 20.3 Å². The second-order valence-electron chi connectivity index (χ2n) is 6.73. The fraction of sp³-hybridized carbons (Fsp3) is 0.444. The number of sulfonamides is 1. The van der Waals surface area contributed by atoms with E-state index >= 15 is 0 Å². The van der Waals surface area contributed by atoms with E-state index in [4.69, 9.17) is 16.3 Å². The number of rotatable bonds is 7. The quantitative estimate of drug-likeness (QED) is 0.518. The summed E-state index contributed by atoms with van der Waals surface area (Å²) in [4.78, 5) is 11.4. The Hall–Kier alpha value is -2.44. The highest BCUT2D eigenvalue weighted by Crippen LogP contribution is 2.39. The van der Waals surface area contributed by atoms with Gasteiger partial charge in [-0.3, -0.25) is 5.10 Å². The van der Waals surface area contributed by atoms with Gasteiger partial charge in [0.1, 0.15) is 22.5 Å². The second-order valence-corrected chi connectivity index (χ2v) is 8.83. The molecule has 1 amide bonds. The lowest BCUT2D eigenvalue weighted by molar-refractivity contribution is 0.0126. The molecule has 0 spiro atoms. The fourth-order valence-corrected chi connectivity index (χ4v) is 3.98. The Balaban J connectivity index is 1.93. The van der Waals surface area contributed by atoms with Crippen LogP contribution in [0.2, 0.25) is 5.02 Å². The highest BCUT2D eigenvalue weighted by molar-refractivity contribution is 7.90. The first kappa shape index (κ1) is 23.2. The molecule has 2 aromatic rings. The number of aromatic nitrogens is 2. The van der Waals surface area contributed by atoms with Gasteiger partial charge in [-0.05, 0) is 43.9 Å². The molecule has 1 unspecified atom stereocenters. The van der Waals surface area contributed by atoms with Crippen molar-refractivity contribution in [3.8, 4) is 11.1 Å². The molecule has 2 heterocycles. The van der Waals surface area contributed by atoms with Crippen molar-refractivity contribution in [1.29, 1.82) is 0 Å². The number of benzene rings is 1. The zero-order valence-electron chi connectivity index (χ0n) is 16.5. The molecule has 13 heteroatoms. The Morgan fingerprint density at radius 2 is 2.06 bits per heavy atom. The van der Waals surface area contributed by atoms with E-state index in [0.29, 0.717) is 18.7 Å². The summed E-state index contributed by atoms with van der Waals surface area (Å²) in [6.45, 7) is 2.03. The van der Waals surface area contributed by atoms with Gasteiger partial charge in [0.05, 0.1) is 18.4 Å². The average Bonchev–Trinajstić information content (AvgIpc) is 3.15. The van der Waals surface area contributed by atoms with Gasteiger partial charge < -0.3 is 14.8 Å². The molecule has 1 aliphatic rings. The minimum absolute atomic E-state index is 0.00323. The molecule has 0 bridgehead atoms. The van der Waals surface area contributed by atoms with Gasteiger partial charge in [-0.2, -0.15) is 5.10 Å². The molecule has 31 heavy (non-hydrogen) atoms. The predicted molar refractivity (Wildman–Crippen MR) is 109 cm³/mol. The fourth-order valence-electron chi connectivity index (χ4n) is 3.16. The normalized spacial score (nSPS) is 16.7. The smallest absolute Gasteiger partial charge is 0.420 e. The lowest BCUT2D eigenvalue weighted by atomic mass is 9.98. The summed E-state index contributed by atoms with van der Waals surface area (Å²) in [7, 11) is -4.13. The SMILES string of the molecule is CCOC(=O)NS(=O)(=O)CNc1n[nH]c(C2CCCCO2)c1-c1cc(F)c(Cl)c(F)c1. The van der Waals surface area contributed by atoms with Crippen LogP contribution in [0.15, 0.2) is 12.1 Å². The number of ether oxygens (including phenoxy) is 2. The minimum atomic E-state index is -4.13. The lowest BCUT2D eigenvalue weighted by Crippen LogP contribution is -2.35. The van der Waals surface area contributed by atoms with Crippen LogP contribution in [0.3, 0.4) is 0 Å². The summed E-state index contributed by atoms with van der Waals surface area (Å²) in [6.07, 6.45) is 0.878. The van der Waals surface area contributed by atoms with Gasteiger partial charge in [0.15, 0.2) is 5.82 Å². The molecular formula is C18H21ClF2N4O5S. The third-order valence-electron chi connectivity index (χ3n) is 4.51. The van der Waals surface area contributed by atoms with Gasteiger partial charge in [-0.25, -0.2) is 26.7 Å². The molecule has 0 aliphatic carbocycles. The summed E-state index contributed by atoms with van der Waals surface area (Å²) < 4.78 is 64.5. The number of hydrogen-bond donors (Lipinski definition) is 3. The molecule has 0 radical (unpaired) electrons. The van der Waals surface area contributed by atoms with Crippen LogP contribution in [0, 0.1) is 11.6 Å². The van der Waals surface area contributed by atoms with E-state index in [9.17, 15) is 22.0 Å². The summed E-state index contributed by atoms with van der Waals surface area (Å²) in [5.41, 5.74) is 0.780. The Morgan fingerprint density at radius 3 is 2.68 bits per heavy atom. The number of hydrogen-bond acceptors (Lipinski definition) is 7. The first-order valence-corrected chi connectivity index (χ1v) is 11.5. The molecule has 1 aromatic heterocycles. The second kappa shape index (κ2) is 9.79. The molecule has 1 aromatic carbocycles. The van der Waals surface area contributed by atoms with E-state index in [1.54, 1.807) is 4.72 Å². The maximum absolute atomic E-state index is 14.1. The standard InChI is InChI=1S/C18H21ClF2N4O5S/c1-2-29-18(26)25-31(27,28)9-22-17-14(10-7-11(20)15(19)12(21)8-10)16(23-24-17)13-5-3-4-6-30-13/h7-8,13H,2-6,9H2,1H3,(H,25,26)(H2,22,23,24). The van der Waals surface area contributed by atoms with E-state index in [-0.39, 0.29) is 23.6 Å². The number of halogens is 3. The third-order valence-corrected chi connectivity index (χ3v) is 5.88. The topological polar surface area (TPSA) is 122 Å². The Labute approximate surface area is 182 Å². The highest BCUT2D eigenvalue weighted by Gasteiger charge is 2.27. The predicted octanol–water partition coefficient (Wildman–Crippen LogP) is 3.70. The minimum Gasteiger partial charge on any atom is -0.449 e. The Kier molecular flexibility index (Phi) is 7.34. The summed E-state index contributed by atoms with van der Waals surface area (Å²) in [6, 6.07) is 2.05. The van der Waals surface area contributed by atoms with Gasteiger partial charge in [0, 0.05) is 12.2 Å². The highest BCUT2D eigenvalue weighted by atomic mass is 35.5. The maximum Gasteiger partial charge on any atom is 0.420 e. The van der Waals surface area contributed by atoms with Crippen LogP contribution in [0.1, 0.15) is 38.0 Å². The van der Waals surface area contributed by atoms with E-state index in [0.717, 1.165) is 25.0 Å². The number of carbonyl (C=O) groups excluding carboxylic acids is 1.